The quantitative estimate of drug-likeness (QED) is 0.469. The molecule has 7 nitrogen and oxygen atoms in total. The van der Waals surface area contributed by atoms with Crippen molar-refractivity contribution in [3.8, 4) is 0 Å². The monoisotopic (exact) mass is 270 g/mol. The molecule has 0 aromatic heterocycles. The number of aliphatic hydroxyl groups is 1. The largest absolute Gasteiger partial charge is 0.478 e. The van der Waals surface area contributed by atoms with Gasteiger partial charge in [-0.05, 0) is 13.8 Å². The fourth-order valence-electron chi connectivity index (χ4n) is 1.15. The Kier molecular flexibility index (Phi) is 7.13. The molecule has 3 amide bonds. The van der Waals surface area contributed by atoms with E-state index in [4.69, 9.17) is 10.2 Å². The molecule has 3 N–H and O–H groups in total. The fourth-order valence-corrected chi connectivity index (χ4v) is 1.15. The molecule has 19 heavy (non-hydrogen) atoms. The van der Waals surface area contributed by atoms with Gasteiger partial charge in [-0.2, -0.15) is 0 Å². The molecular weight excluding hydrogens is 252 g/mol. The van der Waals surface area contributed by atoms with E-state index >= 15 is 0 Å². The van der Waals surface area contributed by atoms with Gasteiger partial charge in [-0.1, -0.05) is 6.08 Å². The number of nitrogens with one attached hydrogen (secondary N) is 1. The third-order valence-electron chi connectivity index (χ3n) is 2.45. The minimum Gasteiger partial charge on any atom is -0.478 e. The lowest BCUT2D eigenvalue weighted by Gasteiger charge is -2.20. The first-order valence-electron chi connectivity index (χ1n) is 5.57. The van der Waals surface area contributed by atoms with E-state index in [0.717, 1.165) is 0 Å². The van der Waals surface area contributed by atoms with Crippen LogP contribution in [0.1, 0.15) is 13.8 Å². The Morgan fingerprint density at radius 3 is 2.26 bits per heavy atom. The van der Waals surface area contributed by atoms with Crippen molar-refractivity contribution < 1.29 is 24.6 Å². The van der Waals surface area contributed by atoms with Gasteiger partial charge in [0.2, 0.25) is 0 Å². The number of carbonyl (C=O) groups excluding carboxylic acids is 2. The van der Waals surface area contributed by atoms with Crippen LogP contribution in [-0.4, -0.2) is 52.7 Å². The van der Waals surface area contributed by atoms with Crippen molar-refractivity contribution in [1.82, 2.24) is 10.2 Å². The maximum atomic E-state index is 11.7. The van der Waals surface area contributed by atoms with Crippen molar-refractivity contribution in [3.63, 3.8) is 0 Å². The minimum atomic E-state index is -1.22. The van der Waals surface area contributed by atoms with Crippen LogP contribution in [0.15, 0.2) is 23.8 Å². The second kappa shape index (κ2) is 8.04. The van der Waals surface area contributed by atoms with Crippen molar-refractivity contribution in [3.05, 3.63) is 23.8 Å². The second-order valence-electron chi connectivity index (χ2n) is 3.77. The molecule has 0 heterocycles. The summed E-state index contributed by atoms with van der Waals surface area (Å²) in [5.41, 5.74) is -0.189. The van der Waals surface area contributed by atoms with E-state index in [1.54, 1.807) is 0 Å². The number of carbonyl (C=O) groups is 3. The Bertz CT molecular complexity index is 414. The summed E-state index contributed by atoms with van der Waals surface area (Å²) < 4.78 is 0. The fraction of sp³-hybridized carbons (Fsp3) is 0.417. The van der Waals surface area contributed by atoms with Crippen LogP contribution in [0, 0.1) is 0 Å². The molecule has 0 bridgehead atoms. The number of carboxylic acids is 1. The molecule has 0 aliphatic carbocycles. The second-order valence-corrected chi connectivity index (χ2v) is 3.77. The maximum Gasteiger partial charge on any atom is 0.331 e. The standard InChI is InChI=1S/C12H18N2O5/c1-4-5-14(6-7-15)12(19)13-10(16)8(2)9(3)11(17)18/h4,15H,1,5-7H2,2-3H3,(H,17,18)(H,13,16,19)/b9-8+. The Balaban J connectivity index is 4.80. The first-order chi connectivity index (χ1) is 8.84. The number of hydrogen-bond acceptors (Lipinski definition) is 4. The van der Waals surface area contributed by atoms with Gasteiger partial charge in [-0.15, -0.1) is 6.58 Å². The maximum absolute atomic E-state index is 11.7. The number of aliphatic carboxylic acids is 1. The predicted octanol–water partition coefficient (Wildman–Crippen LogP) is 0.124. The van der Waals surface area contributed by atoms with E-state index in [2.05, 4.69) is 11.9 Å². The summed E-state index contributed by atoms with van der Waals surface area (Å²) in [5, 5.41) is 19.6. The summed E-state index contributed by atoms with van der Waals surface area (Å²) in [6.07, 6.45) is 1.45. The predicted molar refractivity (Wildman–Crippen MR) is 68.4 cm³/mol. The zero-order valence-electron chi connectivity index (χ0n) is 11.0. The molecule has 7 heteroatoms. The highest BCUT2D eigenvalue weighted by molar-refractivity contribution is 6.07. The van der Waals surface area contributed by atoms with E-state index in [1.165, 1.54) is 24.8 Å². The zero-order chi connectivity index (χ0) is 15.0. The number of urea groups is 1. The number of nitrogens with zero attached hydrogens (tertiary/aromatic N) is 1. The molecule has 0 saturated heterocycles. The van der Waals surface area contributed by atoms with Gasteiger partial charge in [0.25, 0.3) is 5.91 Å². The lowest BCUT2D eigenvalue weighted by Crippen LogP contribution is -2.44. The van der Waals surface area contributed by atoms with Gasteiger partial charge in [0, 0.05) is 24.2 Å². The Morgan fingerprint density at radius 2 is 1.84 bits per heavy atom. The summed E-state index contributed by atoms with van der Waals surface area (Å²) >= 11 is 0. The zero-order valence-corrected chi connectivity index (χ0v) is 11.0. The highest BCUT2D eigenvalue weighted by atomic mass is 16.4. The number of hydrogen-bond donors (Lipinski definition) is 3. The number of imide groups is 1. The smallest absolute Gasteiger partial charge is 0.331 e. The van der Waals surface area contributed by atoms with Crippen LogP contribution in [0.25, 0.3) is 0 Å². The van der Waals surface area contributed by atoms with Crippen molar-refractivity contribution in [1.29, 1.82) is 0 Å². The van der Waals surface area contributed by atoms with Crippen LogP contribution in [0.3, 0.4) is 0 Å². The van der Waals surface area contributed by atoms with E-state index in [9.17, 15) is 14.4 Å². The molecule has 0 aromatic carbocycles. The normalized spacial score (nSPS) is 11.3. The molecular formula is C12H18N2O5. The van der Waals surface area contributed by atoms with Gasteiger partial charge < -0.3 is 15.1 Å². The molecule has 0 aliphatic heterocycles. The highest BCUT2D eigenvalue weighted by Crippen LogP contribution is 2.03. The van der Waals surface area contributed by atoms with Gasteiger partial charge in [-0.3, -0.25) is 10.1 Å². The van der Waals surface area contributed by atoms with E-state index in [0.29, 0.717) is 0 Å². The molecule has 0 aliphatic rings. The Morgan fingerprint density at radius 1 is 1.26 bits per heavy atom. The lowest BCUT2D eigenvalue weighted by atomic mass is 10.1. The molecule has 0 fully saturated rings. The Labute approximate surface area is 111 Å². The van der Waals surface area contributed by atoms with Gasteiger partial charge >= 0.3 is 12.0 Å². The molecule has 0 aromatic rings. The van der Waals surface area contributed by atoms with E-state index in [-0.39, 0.29) is 30.8 Å². The third kappa shape index (κ3) is 5.35. The SMILES string of the molecule is C=CCN(CCO)C(=O)NC(=O)/C(C)=C(\C)C(=O)O. The Hall–Kier alpha value is -2.15. The first-order valence-corrected chi connectivity index (χ1v) is 5.57. The first kappa shape index (κ1) is 16.9. The van der Waals surface area contributed by atoms with Crippen molar-refractivity contribution >= 4 is 17.9 Å². The summed E-state index contributed by atoms with van der Waals surface area (Å²) in [6, 6.07) is -0.712. The average molecular weight is 270 g/mol. The van der Waals surface area contributed by atoms with Crippen LogP contribution in [0.2, 0.25) is 0 Å². The molecule has 0 saturated carbocycles. The van der Waals surface area contributed by atoms with Crippen LogP contribution >= 0.6 is 0 Å². The molecule has 0 rings (SSSR count). The summed E-state index contributed by atoms with van der Waals surface area (Å²) in [6.45, 7) is 6.01. The highest BCUT2D eigenvalue weighted by Gasteiger charge is 2.18. The van der Waals surface area contributed by atoms with Gasteiger partial charge in [0.15, 0.2) is 0 Å². The van der Waals surface area contributed by atoms with E-state index in [1.807, 2.05) is 0 Å². The summed E-state index contributed by atoms with van der Waals surface area (Å²) in [5.74, 6) is -2.00. The molecule has 0 spiro atoms. The third-order valence-corrected chi connectivity index (χ3v) is 2.45. The van der Waals surface area contributed by atoms with Crippen LogP contribution < -0.4 is 5.32 Å². The summed E-state index contributed by atoms with van der Waals surface area (Å²) in [4.78, 5) is 35.2. The number of rotatable bonds is 6. The van der Waals surface area contributed by atoms with E-state index < -0.39 is 17.9 Å². The topological polar surface area (TPSA) is 107 Å². The van der Waals surface area contributed by atoms with Gasteiger partial charge in [-0.25, -0.2) is 9.59 Å². The molecule has 0 radical (unpaired) electrons. The van der Waals surface area contributed by atoms with Gasteiger partial charge in [0.05, 0.1) is 6.61 Å². The number of aliphatic hydroxyl groups excluding tert-OH is 1. The van der Waals surface area contributed by atoms with Crippen molar-refractivity contribution in [2.24, 2.45) is 0 Å². The van der Waals surface area contributed by atoms with Gasteiger partial charge in [0.1, 0.15) is 0 Å². The van der Waals surface area contributed by atoms with Crippen LogP contribution in [-0.2, 0) is 9.59 Å². The van der Waals surface area contributed by atoms with Crippen molar-refractivity contribution in [2.45, 2.75) is 13.8 Å². The summed E-state index contributed by atoms with van der Waals surface area (Å²) in [7, 11) is 0. The molecule has 106 valence electrons. The average Bonchev–Trinajstić information content (AvgIpc) is 2.36. The lowest BCUT2D eigenvalue weighted by molar-refractivity contribution is -0.133. The molecule has 0 atom stereocenters. The van der Waals surface area contributed by atoms with Crippen LogP contribution in [0.4, 0.5) is 4.79 Å². The number of amides is 3. The van der Waals surface area contributed by atoms with Crippen molar-refractivity contribution in [2.75, 3.05) is 19.7 Å². The number of carboxylic acid groups (broad SMARTS) is 1. The molecule has 0 unspecified atom stereocenters. The van der Waals surface area contributed by atoms with Crippen LogP contribution in [0.5, 0.6) is 0 Å². The minimum absolute atomic E-state index is 0.0474.